The second kappa shape index (κ2) is 5.58. The van der Waals surface area contributed by atoms with E-state index >= 15 is 0 Å². The van der Waals surface area contributed by atoms with Crippen molar-refractivity contribution in [2.24, 2.45) is 0 Å². The first-order valence-corrected chi connectivity index (χ1v) is 5.90. The lowest BCUT2D eigenvalue weighted by Gasteiger charge is -2.15. The summed E-state index contributed by atoms with van der Waals surface area (Å²) in [6, 6.07) is 2.89. The van der Waals surface area contributed by atoms with Crippen LogP contribution in [0.25, 0.3) is 11.3 Å². The SMILES string of the molecule is COc1cc(-c2cc(C(=O)O)[nH]n2)c(C(F)(F)F)cc1OC. The van der Waals surface area contributed by atoms with Crippen molar-refractivity contribution in [3.63, 3.8) is 0 Å². The third-order valence-corrected chi connectivity index (χ3v) is 2.91. The molecule has 22 heavy (non-hydrogen) atoms. The number of H-pyrrole nitrogens is 1. The summed E-state index contributed by atoms with van der Waals surface area (Å²) in [6.07, 6.45) is -4.67. The van der Waals surface area contributed by atoms with Crippen molar-refractivity contribution in [2.45, 2.75) is 6.18 Å². The van der Waals surface area contributed by atoms with Gasteiger partial charge in [-0.1, -0.05) is 0 Å². The van der Waals surface area contributed by atoms with Crippen molar-refractivity contribution in [2.75, 3.05) is 14.2 Å². The van der Waals surface area contributed by atoms with Crippen molar-refractivity contribution in [1.29, 1.82) is 0 Å². The fraction of sp³-hybridized carbons (Fsp3) is 0.231. The van der Waals surface area contributed by atoms with Crippen molar-refractivity contribution in [3.05, 3.63) is 29.5 Å². The number of ether oxygens (including phenoxy) is 2. The van der Waals surface area contributed by atoms with Crippen molar-refractivity contribution >= 4 is 5.97 Å². The summed E-state index contributed by atoms with van der Waals surface area (Å²) in [5, 5.41) is 14.6. The Morgan fingerprint density at radius 1 is 1.18 bits per heavy atom. The minimum Gasteiger partial charge on any atom is -0.493 e. The number of carboxylic acid groups (broad SMARTS) is 1. The van der Waals surface area contributed by atoms with E-state index in [1.807, 2.05) is 0 Å². The molecule has 1 heterocycles. The number of hydrogen-bond acceptors (Lipinski definition) is 4. The first-order chi connectivity index (χ1) is 10.3. The second-order valence-electron chi connectivity index (χ2n) is 4.22. The normalized spacial score (nSPS) is 11.3. The first-order valence-electron chi connectivity index (χ1n) is 5.90. The van der Waals surface area contributed by atoms with Gasteiger partial charge in [0.25, 0.3) is 0 Å². The predicted octanol–water partition coefficient (Wildman–Crippen LogP) is 2.81. The van der Waals surface area contributed by atoms with Crippen LogP contribution in [0.5, 0.6) is 11.5 Å². The van der Waals surface area contributed by atoms with Crippen LogP contribution in [0.3, 0.4) is 0 Å². The average molecular weight is 316 g/mol. The van der Waals surface area contributed by atoms with E-state index in [1.54, 1.807) is 0 Å². The highest BCUT2D eigenvalue weighted by molar-refractivity contribution is 5.87. The highest BCUT2D eigenvalue weighted by Crippen LogP contribution is 2.42. The molecule has 0 aliphatic carbocycles. The maximum atomic E-state index is 13.2. The summed E-state index contributed by atoms with van der Waals surface area (Å²) in [5.41, 5.74) is -1.80. The number of nitrogens with one attached hydrogen (secondary N) is 1. The van der Waals surface area contributed by atoms with E-state index in [9.17, 15) is 18.0 Å². The Kier molecular flexibility index (Phi) is 3.98. The molecule has 118 valence electrons. The second-order valence-corrected chi connectivity index (χ2v) is 4.22. The van der Waals surface area contributed by atoms with Gasteiger partial charge in [0.05, 0.1) is 25.5 Å². The van der Waals surface area contributed by atoms with E-state index in [1.165, 1.54) is 14.2 Å². The van der Waals surface area contributed by atoms with E-state index in [0.29, 0.717) is 0 Å². The van der Waals surface area contributed by atoms with Gasteiger partial charge in [0.15, 0.2) is 11.5 Å². The van der Waals surface area contributed by atoms with Crippen LogP contribution in [0.15, 0.2) is 18.2 Å². The number of methoxy groups -OCH3 is 2. The molecule has 0 aliphatic heterocycles. The van der Waals surface area contributed by atoms with Crippen LogP contribution in [-0.4, -0.2) is 35.5 Å². The quantitative estimate of drug-likeness (QED) is 0.906. The predicted molar refractivity (Wildman–Crippen MR) is 69.1 cm³/mol. The minimum absolute atomic E-state index is 0.0744. The maximum Gasteiger partial charge on any atom is 0.417 e. The topological polar surface area (TPSA) is 84.4 Å². The minimum atomic E-state index is -4.67. The Labute approximate surface area is 122 Å². The summed E-state index contributed by atoms with van der Waals surface area (Å²) in [4.78, 5) is 10.8. The van der Waals surface area contributed by atoms with Gasteiger partial charge in [0.1, 0.15) is 5.69 Å². The fourth-order valence-corrected chi connectivity index (χ4v) is 1.89. The van der Waals surface area contributed by atoms with Crippen LogP contribution in [0, 0.1) is 0 Å². The van der Waals surface area contributed by atoms with Crippen LogP contribution in [0.1, 0.15) is 16.1 Å². The Morgan fingerprint density at radius 3 is 2.23 bits per heavy atom. The standard InChI is InChI=1S/C13H11F3N2O4/c1-21-10-3-6(8-5-9(12(19)20)18-17-8)7(13(14,15)16)4-11(10)22-2/h3-5H,1-2H3,(H,17,18)(H,19,20). The highest BCUT2D eigenvalue weighted by atomic mass is 19.4. The molecule has 9 heteroatoms. The smallest absolute Gasteiger partial charge is 0.417 e. The molecule has 2 N–H and O–H groups in total. The van der Waals surface area contributed by atoms with Gasteiger partial charge in [-0.3, -0.25) is 5.10 Å². The molecule has 0 fully saturated rings. The zero-order valence-electron chi connectivity index (χ0n) is 11.5. The zero-order valence-corrected chi connectivity index (χ0v) is 11.5. The number of rotatable bonds is 4. The molecule has 0 unspecified atom stereocenters. The lowest BCUT2D eigenvalue weighted by Crippen LogP contribution is -2.08. The molecule has 0 spiro atoms. The lowest BCUT2D eigenvalue weighted by molar-refractivity contribution is -0.137. The Bertz CT molecular complexity index is 710. The summed E-state index contributed by atoms with van der Waals surface area (Å²) >= 11 is 0. The molecule has 1 aromatic heterocycles. The average Bonchev–Trinajstić information content (AvgIpc) is 2.94. The number of aromatic amines is 1. The summed E-state index contributed by atoms with van der Waals surface area (Å²) in [5.74, 6) is -1.34. The van der Waals surface area contributed by atoms with Gasteiger partial charge in [0, 0.05) is 5.56 Å². The molecule has 6 nitrogen and oxygen atoms in total. The Morgan fingerprint density at radius 2 is 1.77 bits per heavy atom. The first kappa shape index (κ1) is 15.7. The van der Waals surface area contributed by atoms with Gasteiger partial charge >= 0.3 is 12.1 Å². The number of nitrogens with zero attached hydrogens (tertiary/aromatic N) is 1. The van der Waals surface area contributed by atoms with E-state index in [4.69, 9.17) is 14.6 Å². The molecular weight excluding hydrogens is 305 g/mol. The third kappa shape index (κ3) is 2.83. The van der Waals surface area contributed by atoms with Crippen molar-refractivity contribution in [1.82, 2.24) is 10.2 Å². The number of alkyl halides is 3. The molecular formula is C13H11F3N2O4. The molecule has 1 aromatic carbocycles. The highest BCUT2D eigenvalue weighted by Gasteiger charge is 2.36. The summed E-state index contributed by atoms with van der Waals surface area (Å²) in [7, 11) is 2.50. The fourth-order valence-electron chi connectivity index (χ4n) is 1.89. The molecule has 0 saturated heterocycles. The number of benzene rings is 1. The number of aromatic nitrogens is 2. The largest absolute Gasteiger partial charge is 0.493 e. The lowest BCUT2D eigenvalue weighted by atomic mass is 10.0. The Balaban J connectivity index is 2.68. The number of carboxylic acids is 1. The molecule has 2 rings (SSSR count). The molecule has 0 amide bonds. The van der Waals surface area contributed by atoms with Gasteiger partial charge in [0.2, 0.25) is 0 Å². The van der Waals surface area contributed by atoms with Gasteiger partial charge in [-0.25, -0.2) is 4.79 Å². The van der Waals surface area contributed by atoms with Crippen LogP contribution in [0.2, 0.25) is 0 Å². The molecule has 2 aromatic rings. The van der Waals surface area contributed by atoms with Crippen LogP contribution >= 0.6 is 0 Å². The molecule has 0 atom stereocenters. The van der Waals surface area contributed by atoms with Gasteiger partial charge in [-0.15, -0.1) is 0 Å². The maximum absolute atomic E-state index is 13.2. The number of halogens is 3. The number of hydrogen-bond donors (Lipinski definition) is 2. The van der Waals surface area contributed by atoms with Crippen molar-refractivity contribution in [3.8, 4) is 22.8 Å². The van der Waals surface area contributed by atoms with E-state index in [2.05, 4.69) is 10.2 Å². The van der Waals surface area contributed by atoms with Gasteiger partial charge in [-0.05, 0) is 18.2 Å². The van der Waals surface area contributed by atoms with Crippen LogP contribution in [0.4, 0.5) is 13.2 Å². The van der Waals surface area contributed by atoms with Crippen LogP contribution in [-0.2, 0) is 6.18 Å². The van der Waals surface area contributed by atoms with Crippen molar-refractivity contribution < 1.29 is 32.5 Å². The summed E-state index contributed by atoms with van der Waals surface area (Å²) in [6.45, 7) is 0. The van der Waals surface area contributed by atoms with Gasteiger partial charge in [-0.2, -0.15) is 18.3 Å². The monoisotopic (exact) mass is 316 g/mol. The van der Waals surface area contributed by atoms with E-state index in [0.717, 1.165) is 18.2 Å². The molecule has 0 saturated carbocycles. The van der Waals surface area contributed by atoms with Gasteiger partial charge < -0.3 is 14.6 Å². The molecule has 0 bridgehead atoms. The number of aromatic carboxylic acids is 1. The van der Waals surface area contributed by atoms with Crippen LogP contribution < -0.4 is 9.47 Å². The Hall–Kier alpha value is -2.71. The summed E-state index contributed by atoms with van der Waals surface area (Å²) < 4.78 is 49.4. The third-order valence-electron chi connectivity index (χ3n) is 2.91. The van der Waals surface area contributed by atoms with E-state index in [-0.39, 0.29) is 28.5 Å². The number of carbonyl (C=O) groups is 1. The molecule has 0 aliphatic rings. The van der Waals surface area contributed by atoms with E-state index < -0.39 is 17.7 Å². The molecule has 0 radical (unpaired) electrons. The zero-order chi connectivity index (χ0) is 16.5.